The maximum absolute atomic E-state index is 11.9. The third-order valence-corrected chi connectivity index (χ3v) is 9.09. The van der Waals surface area contributed by atoms with Crippen LogP contribution < -0.4 is 0 Å². The number of aryl methyl sites for hydroxylation is 1. The van der Waals surface area contributed by atoms with E-state index in [2.05, 4.69) is 35.2 Å². The highest BCUT2D eigenvalue weighted by Gasteiger charge is 2.37. The van der Waals surface area contributed by atoms with Crippen LogP contribution in [0.5, 0.6) is 0 Å². The van der Waals surface area contributed by atoms with Crippen molar-refractivity contribution in [2.45, 2.75) is 77.0 Å². The van der Waals surface area contributed by atoms with E-state index >= 15 is 0 Å². The van der Waals surface area contributed by atoms with Crippen molar-refractivity contribution in [3.05, 3.63) is 72.3 Å². The van der Waals surface area contributed by atoms with Crippen LogP contribution in [0.4, 0.5) is 0 Å². The van der Waals surface area contributed by atoms with Crippen LogP contribution in [0.1, 0.15) is 76.2 Å². The summed E-state index contributed by atoms with van der Waals surface area (Å²) in [5, 5.41) is 9.77. The molecule has 2 aromatic rings. The SMILES string of the molecule is O=C(O)C(CC1CCC1)C1CCC(CN2CCC(CCCc3ccccc3)CC2)C1.c1ccccc1. The number of carbonyl (C=O) groups is 1. The van der Waals surface area contributed by atoms with E-state index in [1.54, 1.807) is 0 Å². The second-order valence-electron chi connectivity index (χ2n) is 11.7. The van der Waals surface area contributed by atoms with E-state index in [0.29, 0.717) is 11.8 Å². The normalized spacial score (nSPS) is 23.9. The van der Waals surface area contributed by atoms with Crippen LogP contribution >= 0.6 is 0 Å². The number of benzene rings is 2. The maximum Gasteiger partial charge on any atom is 0.306 e. The summed E-state index contributed by atoms with van der Waals surface area (Å²) in [4.78, 5) is 14.5. The molecule has 0 radical (unpaired) electrons. The van der Waals surface area contributed by atoms with Crippen molar-refractivity contribution in [2.24, 2.45) is 29.6 Å². The van der Waals surface area contributed by atoms with Gasteiger partial charge in [-0.15, -0.1) is 0 Å². The Bertz CT molecular complexity index is 831. The summed E-state index contributed by atoms with van der Waals surface area (Å²) in [5.41, 5.74) is 1.47. The minimum atomic E-state index is -0.524. The number of carboxylic acids is 1. The van der Waals surface area contributed by atoms with E-state index < -0.39 is 5.97 Å². The molecule has 1 heterocycles. The molecule has 2 aromatic carbocycles. The van der Waals surface area contributed by atoms with Gasteiger partial charge >= 0.3 is 5.97 Å². The fourth-order valence-electron chi connectivity index (χ4n) is 6.67. The highest BCUT2D eigenvalue weighted by atomic mass is 16.4. The minimum Gasteiger partial charge on any atom is -0.481 e. The van der Waals surface area contributed by atoms with Gasteiger partial charge in [-0.2, -0.15) is 0 Å². The smallest absolute Gasteiger partial charge is 0.306 e. The second-order valence-corrected chi connectivity index (χ2v) is 11.7. The lowest BCUT2D eigenvalue weighted by molar-refractivity contribution is -0.144. The second kappa shape index (κ2) is 14.6. The monoisotopic (exact) mass is 489 g/mol. The molecule has 196 valence electrons. The molecule has 2 saturated carbocycles. The first-order valence-corrected chi connectivity index (χ1v) is 14.7. The van der Waals surface area contributed by atoms with Crippen molar-refractivity contribution < 1.29 is 9.90 Å². The van der Waals surface area contributed by atoms with Crippen LogP contribution in [-0.4, -0.2) is 35.6 Å². The lowest BCUT2D eigenvalue weighted by Crippen LogP contribution is -2.37. The third-order valence-electron chi connectivity index (χ3n) is 9.09. The van der Waals surface area contributed by atoms with Crippen molar-refractivity contribution >= 4 is 5.97 Å². The number of rotatable bonds is 10. The maximum atomic E-state index is 11.9. The molecule has 3 fully saturated rings. The first kappa shape index (κ1) is 26.9. The first-order valence-electron chi connectivity index (χ1n) is 14.7. The molecule has 2 aliphatic carbocycles. The van der Waals surface area contributed by atoms with Crippen LogP contribution in [0.25, 0.3) is 0 Å². The van der Waals surface area contributed by atoms with E-state index in [-0.39, 0.29) is 5.92 Å². The topological polar surface area (TPSA) is 40.5 Å². The summed E-state index contributed by atoms with van der Waals surface area (Å²) < 4.78 is 0. The molecule has 36 heavy (non-hydrogen) atoms. The Morgan fingerprint density at radius 1 is 0.806 bits per heavy atom. The third kappa shape index (κ3) is 8.76. The molecule has 1 saturated heterocycles. The summed E-state index contributed by atoms with van der Waals surface area (Å²) in [7, 11) is 0. The first-order chi connectivity index (χ1) is 17.7. The van der Waals surface area contributed by atoms with Crippen molar-refractivity contribution in [3.63, 3.8) is 0 Å². The van der Waals surface area contributed by atoms with Crippen LogP contribution in [0, 0.1) is 29.6 Å². The molecule has 1 N–H and O–H groups in total. The minimum absolute atomic E-state index is 0.0735. The fraction of sp³-hybridized carbons (Fsp3) is 0.606. The number of piperidine rings is 1. The molecular weight excluding hydrogens is 442 g/mol. The van der Waals surface area contributed by atoms with Gasteiger partial charge in [-0.05, 0) is 93.7 Å². The van der Waals surface area contributed by atoms with E-state index in [1.807, 2.05) is 36.4 Å². The quantitative estimate of drug-likeness (QED) is 0.371. The van der Waals surface area contributed by atoms with Gasteiger partial charge in [0.1, 0.15) is 0 Å². The Hall–Kier alpha value is -2.13. The van der Waals surface area contributed by atoms with E-state index in [1.165, 1.54) is 83.0 Å². The van der Waals surface area contributed by atoms with Gasteiger partial charge in [-0.3, -0.25) is 4.79 Å². The number of nitrogens with zero attached hydrogens (tertiary/aromatic N) is 1. The predicted molar refractivity (Wildman–Crippen MR) is 149 cm³/mol. The van der Waals surface area contributed by atoms with Crippen LogP contribution in [0.3, 0.4) is 0 Å². The van der Waals surface area contributed by atoms with Crippen LogP contribution in [-0.2, 0) is 11.2 Å². The average Bonchev–Trinajstić information content (AvgIpc) is 3.34. The fourth-order valence-corrected chi connectivity index (χ4v) is 6.67. The van der Waals surface area contributed by atoms with E-state index in [4.69, 9.17) is 0 Å². The largest absolute Gasteiger partial charge is 0.481 e. The zero-order valence-corrected chi connectivity index (χ0v) is 22.1. The van der Waals surface area contributed by atoms with Gasteiger partial charge in [0.05, 0.1) is 5.92 Å². The summed E-state index contributed by atoms with van der Waals surface area (Å²) >= 11 is 0. The van der Waals surface area contributed by atoms with Gasteiger partial charge in [0.2, 0.25) is 0 Å². The van der Waals surface area contributed by atoms with Crippen molar-refractivity contribution in [3.8, 4) is 0 Å². The molecule has 5 rings (SSSR count). The highest BCUT2D eigenvalue weighted by molar-refractivity contribution is 5.70. The molecule has 3 heteroatoms. The molecule has 3 unspecified atom stereocenters. The molecule has 3 aliphatic rings. The Morgan fingerprint density at radius 2 is 1.44 bits per heavy atom. The number of likely N-dealkylation sites (tertiary alicyclic amines) is 1. The summed E-state index contributed by atoms with van der Waals surface area (Å²) in [6, 6.07) is 22.9. The van der Waals surface area contributed by atoms with Crippen molar-refractivity contribution in [2.75, 3.05) is 19.6 Å². The van der Waals surface area contributed by atoms with Crippen molar-refractivity contribution in [1.82, 2.24) is 4.90 Å². The Kier molecular flexibility index (Phi) is 10.9. The van der Waals surface area contributed by atoms with Gasteiger partial charge in [-0.25, -0.2) is 0 Å². The zero-order chi connectivity index (χ0) is 25.0. The average molecular weight is 490 g/mol. The van der Waals surface area contributed by atoms with Gasteiger partial charge in [0.25, 0.3) is 0 Å². The Morgan fingerprint density at radius 3 is 2.03 bits per heavy atom. The molecule has 3 atom stereocenters. The summed E-state index contributed by atoms with van der Waals surface area (Å²) in [5.74, 6) is 2.17. The van der Waals surface area contributed by atoms with E-state index in [0.717, 1.165) is 31.1 Å². The number of carboxylic acid groups (broad SMARTS) is 1. The van der Waals surface area contributed by atoms with Gasteiger partial charge < -0.3 is 10.0 Å². The molecule has 1 aliphatic heterocycles. The van der Waals surface area contributed by atoms with Gasteiger partial charge in [-0.1, -0.05) is 92.4 Å². The predicted octanol–water partition coefficient (Wildman–Crippen LogP) is 7.72. The summed E-state index contributed by atoms with van der Waals surface area (Å²) in [6.45, 7) is 3.71. The molecule has 0 bridgehead atoms. The molecule has 0 amide bonds. The summed E-state index contributed by atoms with van der Waals surface area (Å²) in [6.07, 6.45) is 14.9. The lowest BCUT2D eigenvalue weighted by atomic mass is 9.75. The lowest BCUT2D eigenvalue weighted by Gasteiger charge is -2.34. The number of aliphatic carboxylic acids is 1. The molecule has 0 spiro atoms. The number of hydrogen-bond acceptors (Lipinski definition) is 2. The highest BCUT2D eigenvalue weighted by Crippen LogP contribution is 2.42. The van der Waals surface area contributed by atoms with Crippen LogP contribution in [0.15, 0.2) is 66.7 Å². The van der Waals surface area contributed by atoms with Gasteiger partial charge in [0, 0.05) is 6.54 Å². The van der Waals surface area contributed by atoms with Crippen molar-refractivity contribution in [1.29, 1.82) is 0 Å². The molecular formula is C33H47NO2. The Balaban J connectivity index is 0.000000445. The van der Waals surface area contributed by atoms with E-state index in [9.17, 15) is 9.90 Å². The molecule has 3 nitrogen and oxygen atoms in total. The van der Waals surface area contributed by atoms with Crippen LogP contribution in [0.2, 0.25) is 0 Å². The zero-order valence-electron chi connectivity index (χ0n) is 22.1. The standard InChI is InChI=1S/C27H41NO2.C6H6/c29-27(30)26(19-23-10-5-11-23)25-13-12-24(18-25)20-28-16-14-22(15-17-28)9-4-8-21-6-2-1-3-7-21;1-2-4-6-5-3-1/h1-3,6-7,22-26H,4-5,8-20H2,(H,29,30);1-6H. The molecule has 0 aromatic heterocycles. The number of hydrogen-bond donors (Lipinski definition) is 1. The Labute approximate surface area is 219 Å². The van der Waals surface area contributed by atoms with Gasteiger partial charge in [0.15, 0.2) is 0 Å².